The fourth-order valence-electron chi connectivity index (χ4n) is 1.85. The van der Waals surface area contributed by atoms with Crippen molar-refractivity contribution in [1.82, 2.24) is 5.32 Å². The van der Waals surface area contributed by atoms with Crippen LogP contribution in [-0.4, -0.2) is 27.9 Å². The molecule has 0 aliphatic rings. The molecule has 0 fully saturated rings. The van der Waals surface area contributed by atoms with E-state index in [1.165, 1.54) is 12.1 Å². The number of nitro groups is 1. The number of hydrogen-bond donors (Lipinski definition) is 2. The van der Waals surface area contributed by atoms with Crippen LogP contribution in [0.15, 0.2) is 22.7 Å². The van der Waals surface area contributed by atoms with Crippen molar-refractivity contribution in [3.05, 3.63) is 38.3 Å². The van der Waals surface area contributed by atoms with Crippen molar-refractivity contribution < 1.29 is 19.6 Å². The molecule has 2 N–H and O–H groups in total. The number of aliphatic carboxylic acids is 1. The number of nitro benzene ring substituents is 1. The standard InChI is InChI=1S/C13H15BrN2O5/c1-2-3-8(6-12(17)18)15-13(19)10-7-9(16(20)21)4-5-11(10)14/h4-5,7-8H,2-3,6H2,1H3,(H,15,19)(H,17,18). The van der Waals surface area contributed by atoms with Gasteiger partial charge in [-0.1, -0.05) is 13.3 Å². The van der Waals surface area contributed by atoms with Crippen LogP contribution in [0.5, 0.6) is 0 Å². The maximum absolute atomic E-state index is 12.2. The zero-order valence-electron chi connectivity index (χ0n) is 11.3. The SMILES string of the molecule is CCCC(CC(=O)O)NC(=O)c1cc([N+](=O)[O-])ccc1Br. The molecule has 0 spiro atoms. The number of halogens is 1. The van der Waals surface area contributed by atoms with Gasteiger partial charge in [-0.2, -0.15) is 0 Å². The van der Waals surface area contributed by atoms with Gasteiger partial charge in [0.2, 0.25) is 0 Å². The summed E-state index contributed by atoms with van der Waals surface area (Å²) in [6.45, 7) is 1.88. The molecule has 0 aliphatic carbocycles. The van der Waals surface area contributed by atoms with Crippen LogP contribution < -0.4 is 5.32 Å². The van der Waals surface area contributed by atoms with Crippen LogP contribution in [0.3, 0.4) is 0 Å². The first-order valence-corrected chi connectivity index (χ1v) is 7.11. The summed E-state index contributed by atoms with van der Waals surface area (Å²) in [6.07, 6.45) is 1.05. The first-order valence-electron chi connectivity index (χ1n) is 6.31. The summed E-state index contributed by atoms with van der Waals surface area (Å²) in [5.74, 6) is -1.54. The predicted octanol–water partition coefficient (Wildman–Crippen LogP) is 2.73. The van der Waals surface area contributed by atoms with Gasteiger partial charge in [0, 0.05) is 22.6 Å². The minimum Gasteiger partial charge on any atom is -0.481 e. The first-order chi connectivity index (χ1) is 9.85. The minimum atomic E-state index is -1.01. The second-order valence-electron chi connectivity index (χ2n) is 4.48. The highest BCUT2D eigenvalue weighted by molar-refractivity contribution is 9.10. The van der Waals surface area contributed by atoms with E-state index in [2.05, 4.69) is 21.2 Å². The number of hydrogen-bond acceptors (Lipinski definition) is 4. The van der Waals surface area contributed by atoms with Crippen molar-refractivity contribution >= 4 is 33.5 Å². The third kappa shape index (κ3) is 5.14. The average molecular weight is 359 g/mol. The molecule has 0 aromatic heterocycles. The van der Waals surface area contributed by atoms with Gasteiger partial charge in [0.15, 0.2) is 0 Å². The quantitative estimate of drug-likeness (QED) is 0.575. The number of carboxylic acids is 1. The van der Waals surface area contributed by atoms with Gasteiger partial charge in [-0.15, -0.1) is 0 Å². The Morgan fingerprint density at radius 2 is 2.14 bits per heavy atom. The summed E-state index contributed by atoms with van der Waals surface area (Å²) in [6, 6.07) is 3.34. The molecule has 0 saturated carbocycles. The molecule has 0 aliphatic heterocycles. The van der Waals surface area contributed by atoms with Crippen molar-refractivity contribution in [2.45, 2.75) is 32.2 Å². The highest BCUT2D eigenvalue weighted by Crippen LogP contribution is 2.22. The fourth-order valence-corrected chi connectivity index (χ4v) is 2.28. The lowest BCUT2D eigenvalue weighted by Crippen LogP contribution is -2.36. The van der Waals surface area contributed by atoms with E-state index in [0.717, 1.165) is 6.07 Å². The van der Waals surface area contributed by atoms with Crippen molar-refractivity contribution in [3.63, 3.8) is 0 Å². The Morgan fingerprint density at radius 1 is 1.48 bits per heavy atom. The van der Waals surface area contributed by atoms with Crippen molar-refractivity contribution in [2.75, 3.05) is 0 Å². The van der Waals surface area contributed by atoms with Crippen LogP contribution in [0, 0.1) is 10.1 Å². The van der Waals surface area contributed by atoms with Crippen LogP contribution in [0.2, 0.25) is 0 Å². The molecule has 21 heavy (non-hydrogen) atoms. The number of carboxylic acid groups (broad SMARTS) is 1. The zero-order chi connectivity index (χ0) is 16.0. The second kappa shape index (κ2) is 7.72. The minimum absolute atomic E-state index is 0.107. The number of carbonyl (C=O) groups excluding carboxylic acids is 1. The van der Waals surface area contributed by atoms with Gasteiger partial charge in [0.25, 0.3) is 11.6 Å². The molecule has 0 bridgehead atoms. The molecular weight excluding hydrogens is 344 g/mol. The number of amides is 1. The Labute approximate surface area is 129 Å². The highest BCUT2D eigenvalue weighted by Gasteiger charge is 2.20. The molecular formula is C13H15BrN2O5. The van der Waals surface area contributed by atoms with Gasteiger partial charge in [-0.25, -0.2) is 0 Å². The van der Waals surface area contributed by atoms with Gasteiger partial charge >= 0.3 is 5.97 Å². The third-order valence-electron chi connectivity index (χ3n) is 2.80. The molecule has 0 heterocycles. The lowest BCUT2D eigenvalue weighted by Gasteiger charge is -2.16. The number of non-ortho nitro benzene ring substituents is 1. The Morgan fingerprint density at radius 3 is 2.67 bits per heavy atom. The summed E-state index contributed by atoms with van der Waals surface area (Å²) in [4.78, 5) is 33.1. The van der Waals surface area contributed by atoms with E-state index in [-0.39, 0.29) is 17.7 Å². The molecule has 0 radical (unpaired) electrons. The van der Waals surface area contributed by atoms with Gasteiger partial charge in [0.05, 0.1) is 16.9 Å². The number of nitrogens with one attached hydrogen (secondary N) is 1. The molecule has 1 aromatic carbocycles. The predicted molar refractivity (Wildman–Crippen MR) is 79.2 cm³/mol. The Kier molecular flexibility index (Phi) is 6.29. The molecule has 8 heteroatoms. The van der Waals surface area contributed by atoms with Crippen LogP contribution in [0.25, 0.3) is 0 Å². The van der Waals surface area contributed by atoms with Crippen molar-refractivity contribution in [3.8, 4) is 0 Å². The zero-order valence-corrected chi connectivity index (χ0v) is 12.9. The van der Waals surface area contributed by atoms with Crippen molar-refractivity contribution in [1.29, 1.82) is 0 Å². The average Bonchev–Trinajstić information content (AvgIpc) is 2.38. The van der Waals surface area contributed by atoms with Crippen molar-refractivity contribution in [2.24, 2.45) is 0 Å². The molecule has 1 amide bonds. The molecule has 1 rings (SSSR count). The summed E-state index contributed by atoms with van der Waals surface area (Å²) in [5.41, 5.74) is -0.0932. The number of benzene rings is 1. The van der Waals surface area contributed by atoms with Crippen LogP contribution >= 0.6 is 15.9 Å². The van der Waals surface area contributed by atoms with E-state index >= 15 is 0 Å². The number of carbonyl (C=O) groups is 2. The molecule has 7 nitrogen and oxygen atoms in total. The van der Waals surface area contributed by atoms with Gasteiger partial charge in [-0.3, -0.25) is 19.7 Å². The highest BCUT2D eigenvalue weighted by atomic mass is 79.9. The largest absolute Gasteiger partial charge is 0.481 e. The van der Waals surface area contributed by atoms with Gasteiger partial charge < -0.3 is 10.4 Å². The topological polar surface area (TPSA) is 110 Å². The lowest BCUT2D eigenvalue weighted by molar-refractivity contribution is -0.384. The number of rotatable bonds is 7. The summed E-state index contributed by atoms with van der Waals surface area (Å²) in [7, 11) is 0. The number of nitrogens with zero attached hydrogens (tertiary/aromatic N) is 1. The normalized spacial score (nSPS) is 11.7. The molecule has 0 saturated heterocycles. The summed E-state index contributed by atoms with van der Waals surface area (Å²) in [5, 5.41) is 22.2. The van der Waals surface area contributed by atoms with E-state index in [0.29, 0.717) is 17.3 Å². The summed E-state index contributed by atoms with van der Waals surface area (Å²) >= 11 is 3.16. The molecule has 114 valence electrons. The van der Waals surface area contributed by atoms with Crippen LogP contribution in [0.4, 0.5) is 5.69 Å². The molecule has 1 aromatic rings. The van der Waals surface area contributed by atoms with Gasteiger partial charge in [-0.05, 0) is 28.4 Å². The fraction of sp³-hybridized carbons (Fsp3) is 0.385. The Balaban J connectivity index is 2.93. The smallest absolute Gasteiger partial charge is 0.305 e. The maximum atomic E-state index is 12.2. The van der Waals surface area contributed by atoms with Gasteiger partial charge in [0.1, 0.15) is 0 Å². The molecule has 1 atom stereocenters. The van der Waals surface area contributed by atoms with E-state index in [1.54, 1.807) is 0 Å². The Hall–Kier alpha value is -1.96. The van der Waals surface area contributed by atoms with E-state index in [9.17, 15) is 19.7 Å². The monoisotopic (exact) mass is 358 g/mol. The summed E-state index contributed by atoms with van der Waals surface area (Å²) < 4.78 is 0.413. The molecule has 1 unspecified atom stereocenters. The second-order valence-corrected chi connectivity index (χ2v) is 5.33. The Bertz CT molecular complexity index is 561. The van der Waals surface area contributed by atoms with E-state index in [4.69, 9.17) is 5.11 Å². The maximum Gasteiger partial charge on any atom is 0.305 e. The van der Waals surface area contributed by atoms with E-state index < -0.39 is 22.8 Å². The van der Waals surface area contributed by atoms with Crippen LogP contribution in [0.1, 0.15) is 36.5 Å². The van der Waals surface area contributed by atoms with E-state index in [1.807, 2.05) is 6.92 Å². The first kappa shape index (κ1) is 17.1. The third-order valence-corrected chi connectivity index (χ3v) is 3.49. The van der Waals surface area contributed by atoms with Crippen LogP contribution in [-0.2, 0) is 4.79 Å². The lowest BCUT2D eigenvalue weighted by atomic mass is 10.1.